The molecular formula is C51H56Cl2Zr-2. The van der Waals surface area contributed by atoms with Crippen molar-refractivity contribution in [3.05, 3.63) is 160 Å². The van der Waals surface area contributed by atoms with Crippen LogP contribution in [-0.2, 0) is 47.9 Å². The Kier molecular flexibility index (Phi) is 14.1. The van der Waals surface area contributed by atoms with Gasteiger partial charge in [0.1, 0.15) is 0 Å². The van der Waals surface area contributed by atoms with E-state index < -0.39 is 0 Å². The van der Waals surface area contributed by atoms with Crippen molar-refractivity contribution >= 4 is 35.9 Å². The second kappa shape index (κ2) is 17.5. The summed E-state index contributed by atoms with van der Waals surface area (Å²) in [5, 5.41) is 5.57. The van der Waals surface area contributed by atoms with Crippen LogP contribution >= 0.6 is 0 Å². The fourth-order valence-electron chi connectivity index (χ4n) is 8.18. The van der Waals surface area contributed by atoms with Crippen molar-refractivity contribution in [3.8, 4) is 0 Å². The van der Waals surface area contributed by atoms with E-state index in [0.717, 1.165) is 12.8 Å². The maximum absolute atomic E-state index is 3.35. The fourth-order valence-corrected chi connectivity index (χ4v) is 9.18. The van der Waals surface area contributed by atoms with Crippen LogP contribution in [-0.4, -0.2) is 3.21 Å². The van der Waals surface area contributed by atoms with Gasteiger partial charge in [0.05, 0.1) is 0 Å². The Morgan fingerprint density at radius 3 is 1.48 bits per heavy atom. The molecule has 0 N–H and O–H groups in total. The zero-order valence-corrected chi connectivity index (χ0v) is 37.9. The molecule has 0 nitrogen and oxygen atoms in total. The standard InChI is InChI=1S/C25H25.C15H14.C11H17.2ClH.Zr/c1-14-12-24(3,4)22-8-16-7-17-9-23-19(15(2)13-25(23,5)6)11-21(17)20(16)10-18(14)22;1-3-8-14(9-4-1)12-7-13-15-10-5-2-6-11-15;1-5-9-6-7-10(8-9)11(2,3)4;;;/h7-13H,1-6H3;1-6,8-11H,12-13H2;7-9H,5H2,1-4H3;2*1H;/q-1;;-1;;;+2/p-2. The van der Waals surface area contributed by atoms with E-state index in [9.17, 15) is 0 Å². The van der Waals surface area contributed by atoms with E-state index >= 15 is 0 Å². The second-order valence-electron chi connectivity index (χ2n) is 17.3. The van der Waals surface area contributed by atoms with Gasteiger partial charge >= 0.3 is 112 Å². The molecule has 0 spiro atoms. The van der Waals surface area contributed by atoms with Gasteiger partial charge < -0.3 is 24.8 Å². The molecule has 280 valence electrons. The Bertz CT molecular complexity index is 2100. The van der Waals surface area contributed by atoms with Gasteiger partial charge in [-0.15, -0.1) is 39.7 Å². The molecule has 0 heterocycles. The number of allylic oxidation sites excluding steroid dienone is 8. The Morgan fingerprint density at radius 1 is 0.704 bits per heavy atom. The van der Waals surface area contributed by atoms with Crippen molar-refractivity contribution in [1.82, 2.24) is 0 Å². The number of rotatable bonds is 5. The summed E-state index contributed by atoms with van der Waals surface area (Å²) >= 11 is 1.55. The molecule has 5 aromatic carbocycles. The van der Waals surface area contributed by atoms with Crippen LogP contribution in [0.25, 0.3) is 32.7 Å². The minimum absolute atomic E-state index is 0. The molecule has 0 aromatic heterocycles. The molecule has 1 unspecified atom stereocenters. The van der Waals surface area contributed by atoms with Gasteiger partial charge in [-0.05, 0) is 36.1 Å². The Balaban J connectivity index is 0.000000194. The average Bonchev–Trinajstić information content (AvgIpc) is 3.82. The predicted molar refractivity (Wildman–Crippen MR) is 225 cm³/mol. The van der Waals surface area contributed by atoms with Crippen LogP contribution in [0.4, 0.5) is 0 Å². The monoisotopic (exact) mass is 828 g/mol. The van der Waals surface area contributed by atoms with Gasteiger partial charge in [-0.2, -0.15) is 11.6 Å². The van der Waals surface area contributed by atoms with Crippen molar-refractivity contribution in [2.75, 3.05) is 0 Å². The molecule has 3 aliphatic carbocycles. The van der Waals surface area contributed by atoms with Gasteiger partial charge in [0.15, 0.2) is 0 Å². The summed E-state index contributed by atoms with van der Waals surface area (Å²) < 4.78 is 1.60. The van der Waals surface area contributed by atoms with Gasteiger partial charge in [-0.3, -0.25) is 6.08 Å². The van der Waals surface area contributed by atoms with E-state index in [1.165, 1.54) is 78.1 Å². The molecule has 0 bridgehead atoms. The van der Waals surface area contributed by atoms with E-state index in [1.807, 2.05) is 0 Å². The molecule has 3 heteroatoms. The van der Waals surface area contributed by atoms with E-state index in [0.29, 0.717) is 11.3 Å². The van der Waals surface area contributed by atoms with E-state index in [-0.39, 0.29) is 35.6 Å². The van der Waals surface area contributed by atoms with Crippen LogP contribution in [0, 0.1) is 17.4 Å². The molecule has 54 heavy (non-hydrogen) atoms. The summed E-state index contributed by atoms with van der Waals surface area (Å²) in [5.74, 6) is 0.573. The predicted octanol–water partition coefficient (Wildman–Crippen LogP) is 7.66. The first-order valence-electron chi connectivity index (χ1n) is 19.1. The summed E-state index contributed by atoms with van der Waals surface area (Å²) in [6, 6.07) is 33.5. The van der Waals surface area contributed by atoms with Crippen LogP contribution in [0.5, 0.6) is 0 Å². The number of fused-ring (bicyclic) bond motifs is 5. The molecule has 0 amide bonds. The molecular weight excluding hydrogens is 775 g/mol. The molecule has 5 aromatic rings. The topological polar surface area (TPSA) is 0 Å². The molecule has 0 saturated heterocycles. The van der Waals surface area contributed by atoms with Crippen molar-refractivity contribution in [3.63, 3.8) is 0 Å². The van der Waals surface area contributed by atoms with Crippen molar-refractivity contribution in [2.24, 2.45) is 11.3 Å². The van der Waals surface area contributed by atoms with Gasteiger partial charge in [-0.25, -0.2) is 6.08 Å². The summed E-state index contributed by atoms with van der Waals surface area (Å²) in [6.45, 7) is 22.7. The zero-order valence-electron chi connectivity index (χ0n) is 33.9. The van der Waals surface area contributed by atoms with E-state index in [4.69, 9.17) is 0 Å². The van der Waals surface area contributed by atoms with Crippen LogP contribution in [0.1, 0.15) is 109 Å². The van der Waals surface area contributed by atoms with E-state index in [1.54, 1.807) is 27.4 Å². The molecule has 0 fully saturated rings. The number of hydrogen-bond donors (Lipinski definition) is 0. The van der Waals surface area contributed by atoms with E-state index in [2.05, 4.69) is 191 Å². The summed E-state index contributed by atoms with van der Waals surface area (Å²) in [5.41, 5.74) is 13.5. The minimum atomic E-state index is 0. The van der Waals surface area contributed by atoms with Crippen LogP contribution in [0.3, 0.4) is 0 Å². The van der Waals surface area contributed by atoms with Crippen molar-refractivity contribution in [1.29, 1.82) is 0 Å². The van der Waals surface area contributed by atoms with Crippen LogP contribution < -0.4 is 24.8 Å². The third-order valence-corrected chi connectivity index (χ3v) is 11.9. The first kappa shape index (κ1) is 43.8. The maximum atomic E-state index is 3.35. The van der Waals surface area contributed by atoms with Gasteiger partial charge in [0.25, 0.3) is 0 Å². The zero-order chi connectivity index (χ0) is 37.4. The molecule has 0 aliphatic heterocycles. The SMILES string of the molecule is CC1=CC(C)(C)c2cc3[cH-]c4cc5c(cc4c3cc21)C(C)=CC5(C)C.CCC1[C-]=CC(C(C)(C)C)=C1.[Cl-].[Cl-].[Zr+2]=[C](Cc1ccccc1)Cc1ccccc1. The summed E-state index contributed by atoms with van der Waals surface area (Å²) in [6.07, 6.45) is 16.1. The molecule has 0 saturated carbocycles. The Morgan fingerprint density at radius 2 is 1.13 bits per heavy atom. The van der Waals surface area contributed by atoms with Gasteiger partial charge in [-0.1, -0.05) is 109 Å². The molecule has 8 rings (SSSR count). The molecule has 3 aliphatic rings. The average molecular weight is 831 g/mol. The normalized spacial score (nSPS) is 17.1. The number of halogens is 2. The van der Waals surface area contributed by atoms with Crippen LogP contribution in [0.2, 0.25) is 0 Å². The first-order valence-corrected chi connectivity index (χ1v) is 20.4. The van der Waals surface area contributed by atoms with Crippen LogP contribution in [0.15, 0.2) is 121 Å². The van der Waals surface area contributed by atoms with Gasteiger partial charge in [0, 0.05) is 10.8 Å². The third kappa shape index (κ3) is 9.70. The first-order chi connectivity index (χ1) is 24.6. The summed E-state index contributed by atoms with van der Waals surface area (Å²) in [4.78, 5) is 0. The number of benzene rings is 4. The molecule has 0 radical (unpaired) electrons. The summed E-state index contributed by atoms with van der Waals surface area (Å²) in [7, 11) is 0. The second-order valence-corrected chi connectivity index (χ2v) is 19.1. The molecule has 1 atom stereocenters. The Labute approximate surface area is 353 Å². The van der Waals surface area contributed by atoms with Crippen molar-refractivity contribution in [2.45, 2.75) is 99.3 Å². The third-order valence-electron chi connectivity index (χ3n) is 11.0. The Hall–Kier alpha value is -2.96. The quantitative estimate of drug-likeness (QED) is 0.160. The van der Waals surface area contributed by atoms with Gasteiger partial charge in [0.2, 0.25) is 0 Å². The van der Waals surface area contributed by atoms with Crippen molar-refractivity contribution < 1.29 is 49.0 Å². The fraction of sp³-hybridized carbons (Fsp3) is 0.333. The number of hydrogen-bond acceptors (Lipinski definition) is 0.